The highest BCUT2D eigenvalue weighted by Gasteiger charge is 2.12. The van der Waals surface area contributed by atoms with Crippen molar-refractivity contribution in [3.8, 4) is 5.75 Å². The maximum atomic E-state index is 12.1. The number of benzene rings is 1. The monoisotopic (exact) mass is 300 g/mol. The Morgan fingerprint density at radius 1 is 1.27 bits per heavy atom. The molecule has 5 heteroatoms. The molecule has 1 aromatic carbocycles. The van der Waals surface area contributed by atoms with Crippen LogP contribution in [0.2, 0.25) is 0 Å². The molecule has 0 spiro atoms. The third-order valence-electron chi connectivity index (χ3n) is 3.19. The Morgan fingerprint density at radius 3 is 2.50 bits per heavy atom. The van der Waals surface area contributed by atoms with Crippen molar-refractivity contribution in [2.75, 3.05) is 6.61 Å². The van der Waals surface area contributed by atoms with E-state index in [0.717, 1.165) is 11.3 Å². The minimum atomic E-state index is -0.278. The number of hydrazone groups is 1. The van der Waals surface area contributed by atoms with E-state index < -0.39 is 0 Å². The van der Waals surface area contributed by atoms with E-state index in [2.05, 4.69) is 10.5 Å². The van der Waals surface area contributed by atoms with Crippen molar-refractivity contribution in [2.24, 2.45) is 5.10 Å². The average molecular weight is 300 g/mol. The van der Waals surface area contributed by atoms with Crippen LogP contribution in [0.3, 0.4) is 0 Å². The number of rotatable bonds is 5. The molecule has 1 aromatic heterocycles. The van der Waals surface area contributed by atoms with E-state index in [0.29, 0.717) is 29.4 Å². The minimum absolute atomic E-state index is 0.278. The fraction of sp³-hybridized carbons (Fsp3) is 0.294. The zero-order valence-electron chi connectivity index (χ0n) is 13.3. The topological polar surface area (TPSA) is 63.8 Å². The third kappa shape index (κ3) is 3.75. The molecular formula is C17H20N2O3. The van der Waals surface area contributed by atoms with Crippen LogP contribution in [0.5, 0.6) is 5.75 Å². The molecule has 2 aromatic rings. The number of ether oxygens (including phenoxy) is 1. The van der Waals surface area contributed by atoms with Crippen LogP contribution in [0.15, 0.2) is 39.9 Å². The second-order valence-electron chi connectivity index (χ2n) is 4.92. The van der Waals surface area contributed by atoms with Gasteiger partial charge in [0.1, 0.15) is 17.3 Å². The van der Waals surface area contributed by atoms with Crippen molar-refractivity contribution in [2.45, 2.75) is 27.7 Å². The molecule has 1 N–H and O–H groups in total. The highest BCUT2D eigenvalue weighted by Crippen LogP contribution is 2.14. The molecule has 2 rings (SSSR count). The van der Waals surface area contributed by atoms with Crippen LogP contribution in [0.25, 0.3) is 0 Å². The van der Waals surface area contributed by atoms with Crippen LogP contribution in [-0.2, 0) is 0 Å². The smallest absolute Gasteiger partial charge is 0.274 e. The fourth-order valence-corrected chi connectivity index (χ4v) is 2.07. The van der Waals surface area contributed by atoms with E-state index in [1.54, 1.807) is 19.9 Å². The number of amides is 1. The van der Waals surface area contributed by atoms with Gasteiger partial charge in [-0.2, -0.15) is 5.10 Å². The lowest BCUT2D eigenvalue weighted by Gasteiger charge is -2.05. The SMILES string of the molecule is CCOc1ccc(/C(C)=N\NC(=O)c2cc(C)oc2C)cc1. The first kappa shape index (κ1) is 15.8. The van der Waals surface area contributed by atoms with Crippen LogP contribution >= 0.6 is 0 Å². The van der Waals surface area contributed by atoms with Gasteiger partial charge in [-0.3, -0.25) is 4.79 Å². The largest absolute Gasteiger partial charge is 0.494 e. The van der Waals surface area contributed by atoms with E-state index in [-0.39, 0.29) is 5.91 Å². The number of hydrogen-bond acceptors (Lipinski definition) is 4. The van der Waals surface area contributed by atoms with Crippen LogP contribution in [0, 0.1) is 13.8 Å². The van der Waals surface area contributed by atoms with Crippen LogP contribution < -0.4 is 10.2 Å². The van der Waals surface area contributed by atoms with Gasteiger partial charge in [0.25, 0.3) is 5.91 Å². The molecule has 0 aliphatic carbocycles. The van der Waals surface area contributed by atoms with Crippen LogP contribution in [-0.4, -0.2) is 18.2 Å². The summed E-state index contributed by atoms with van der Waals surface area (Å²) in [5.41, 5.74) is 4.69. The van der Waals surface area contributed by atoms with Crippen molar-refractivity contribution in [3.63, 3.8) is 0 Å². The normalized spacial score (nSPS) is 11.4. The van der Waals surface area contributed by atoms with Gasteiger partial charge in [0.15, 0.2) is 0 Å². The standard InChI is InChI=1S/C17H20N2O3/c1-5-21-15-8-6-14(7-9-15)12(3)18-19-17(20)16-10-11(2)22-13(16)4/h6-10H,5H2,1-4H3,(H,19,20)/b18-12-. The van der Waals surface area contributed by atoms with Crippen molar-refractivity contribution in [1.29, 1.82) is 0 Å². The lowest BCUT2D eigenvalue weighted by molar-refractivity contribution is 0.0953. The Kier molecular flexibility index (Phi) is 4.99. The number of furan rings is 1. The Hall–Kier alpha value is -2.56. The minimum Gasteiger partial charge on any atom is -0.494 e. The molecule has 0 saturated carbocycles. The number of hydrogen-bond donors (Lipinski definition) is 1. The molecular weight excluding hydrogens is 280 g/mol. The summed E-state index contributed by atoms with van der Waals surface area (Å²) in [7, 11) is 0. The zero-order chi connectivity index (χ0) is 16.1. The second kappa shape index (κ2) is 6.93. The fourth-order valence-electron chi connectivity index (χ4n) is 2.07. The number of carbonyl (C=O) groups excluding carboxylic acids is 1. The summed E-state index contributed by atoms with van der Waals surface area (Å²) in [5.74, 6) is 1.83. The quantitative estimate of drug-likeness (QED) is 0.679. The van der Waals surface area contributed by atoms with Crippen molar-refractivity contribution >= 4 is 11.6 Å². The van der Waals surface area contributed by atoms with E-state index >= 15 is 0 Å². The molecule has 0 fully saturated rings. The van der Waals surface area contributed by atoms with Gasteiger partial charge in [-0.25, -0.2) is 5.43 Å². The zero-order valence-corrected chi connectivity index (χ0v) is 13.3. The molecule has 1 heterocycles. The third-order valence-corrected chi connectivity index (χ3v) is 3.19. The molecule has 116 valence electrons. The first-order chi connectivity index (χ1) is 10.5. The molecule has 0 atom stereocenters. The molecule has 0 radical (unpaired) electrons. The lowest BCUT2D eigenvalue weighted by Crippen LogP contribution is -2.19. The molecule has 22 heavy (non-hydrogen) atoms. The van der Waals surface area contributed by atoms with E-state index in [1.165, 1.54) is 0 Å². The average Bonchev–Trinajstić information content (AvgIpc) is 2.84. The molecule has 0 aliphatic heterocycles. The summed E-state index contributed by atoms with van der Waals surface area (Å²) in [4.78, 5) is 12.1. The summed E-state index contributed by atoms with van der Waals surface area (Å²) in [6, 6.07) is 9.27. The van der Waals surface area contributed by atoms with E-state index in [9.17, 15) is 4.79 Å². The van der Waals surface area contributed by atoms with E-state index in [4.69, 9.17) is 9.15 Å². The Balaban J connectivity index is 2.05. The first-order valence-electron chi connectivity index (χ1n) is 7.16. The van der Waals surface area contributed by atoms with Gasteiger partial charge in [0.05, 0.1) is 17.9 Å². The van der Waals surface area contributed by atoms with Gasteiger partial charge in [0, 0.05) is 0 Å². The summed E-state index contributed by atoms with van der Waals surface area (Å²) in [5, 5.41) is 4.13. The Labute approximate surface area is 130 Å². The molecule has 0 aliphatic rings. The summed E-state index contributed by atoms with van der Waals surface area (Å²) in [6.07, 6.45) is 0. The van der Waals surface area contributed by atoms with Gasteiger partial charge in [0.2, 0.25) is 0 Å². The maximum Gasteiger partial charge on any atom is 0.274 e. The van der Waals surface area contributed by atoms with Crippen molar-refractivity contribution < 1.29 is 13.9 Å². The number of carbonyl (C=O) groups is 1. The second-order valence-corrected chi connectivity index (χ2v) is 4.92. The number of aryl methyl sites for hydroxylation is 2. The van der Waals surface area contributed by atoms with Gasteiger partial charge in [-0.15, -0.1) is 0 Å². The highest BCUT2D eigenvalue weighted by molar-refractivity contribution is 6.01. The van der Waals surface area contributed by atoms with Crippen molar-refractivity contribution in [3.05, 3.63) is 53.0 Å². The number of nitrogens with one attached hydrogen (secondary N) is 1. The highest BCUT2D eigenvalue weighted by atomic mass is 16.5. The predicted molar refractivity (Wildman–Crippen MR) is 85.5 cm³/mol. The Morgan fingerprint density at radius 2 is 1.95 bits per heavy atom. The summed E-state index contributed by atoms with van der Waals surface area (Å²) >= 11 is 0. The molecule has 5 nitrogen and oxygen atoms in total. The molecule has 1 amide bonds. The van der Waals surface area contributed by atoms with E-state index in [1.807, 2.05) is 38.1 Å². The predicted octanol–water partition coefficient (Wildman–Crippen LogP) is 3.45. The molecule has 0 bridgehead atoms. The number of nitrogens with zero attached hydrogens (tertiary/aromatic N) is 1. The molecule has 0 unspecified atom stereocenters. The van der Waals surface area contributed by atoms with Gasteiger partial charge < -0.3 is 9.15 Å². The van der Waals surface area contributed by atoms with Gasteiger partial charge in [-0.1, -0.05) is 0 Å². The van der Waals surface area contributed by atoms with Crippen LogP contribution in [0.1, 0.15) is 41.3 Å². The van der Waals surface area contributed by atoms with Gasteiger partial charge >= 0.3 is 0 Å². The Bertz CT molecular complexity index is 684. The lowest BCUT2D eigenvalue weighted by atomic mass is 10.1. The summed E-state index contributed by atoms with van der Waals surface area (Å²) in [6.45, 7) is 7.97. The van der Waals surface area contributed by atoms with Gasteiger partial charge in [-0.05, 0) is 63.6 Å². The van der Waals surface area contributed by atoms with Crippen LogP contribution in [0.4, 0.5) is 0 Å². The first-order valence-corrected chi connectivity index (χ1v) is 7.16. The summed E-state index contributed by atoms with van der Waals surface area (Å²) < 4.78 is 10.7. The molecule has 0 saturated heterocycles. The van der Waals surface area contributed by atoms with Crippen molar-refractivity contribution in [1.82, 2.24) is 5.43 Å². The maximum absolute atomic E-state index is 12.1.